The van der Waals surface area contributed by atoms with E-state index in [9.17, 15) is 4.79 Å². The van der Waals surface area contributed by atoms with Gasteiger partial charge in [-0.05, 0) is 47.7 Å². The molecule has 5 heteroatoms. The van der Waals surface area contributed by atoms with Gasteiger partial charge in [0, 0.05) is 25.6 Å². The van der Waals surface area contributed by atoms with Gasteiger partial charge in [-0.1, -0.05) is 38.1 Å². The summed E-state index contributed by atoms with van der Waals surface area (Å²) in [4.78, 5) is 14.7. The zero-order valence-corrected chi connectivity index (χ0v) is 18.1. The lowest BCUT2D eigenvalue weighted by molar-refractivity contribution is -0.124. The molecule has 0 bridgehead atoms. The second kappa shape index (κ2) is 9.31. The van der Waals surface area contributed by atoms with Crippen LogP contribution in [0.25, 0.3) is 0 Å². The summed E-state index contributed by atoms with van der Waals surface area (Å²) in [7, 11) is 3.33. The van der Waals surface area contributed by atoms with Crippen LogP contribution in [0.4, 0.5) is 0 Å². The third-order valence-electron chi connectivity index (χ3n) is 5.74. The van der Waals surface area contributed by atoms with Gasteiger partial charge >= 0.3 is 0 Å². The van der Waals surface area contributed by atoms with E-state index in [2.05, 4.69) is 53.5 Å². The molecule has 1 N–H and O–H groups in total. The second-order valence-corrected chi connectivity index (χ2v) is 7.97. The summed E-state index contributed by atoms with van der Waals surface area (Å²) in [6, 6.07) is 12.7. The van der Waals surface area contributed by atoms with Gasteiger partial charge in [-0.25, -0.2) is 0 Å². The number of methoxy groups -OCH3 is 2. The molecule has 0 saturated heterocycles. The molecule has 5 nitrogen and oxygen atoms in total. The van der Waals surface area contributed by atoms with Crippen molar-refractivity contribution in [3.63, 3.8) is 0 Å². The van der Waals surface area contributed by atoms with E-state index in [1.807, 2.05) is 13.8 Å². The molecule has 0 spiro atoms. The quantitative estimate of drug-likeness (QED) is 0.772. The highest BCUT2D eigenvalue weighted by atomic mass is 16.5. The standard InChI is InChI=1S/C24H32N2O3/c1-16(2)24(27)25-14-21-20-13-23(29-5)22(28-4)12-18(20)10-11-26(21)15-19-9-7-6-8-17(19)3/h6-9,12-13,16,21H,10-11,14-15H2,1-5H3,(H,25,27)/t21-/m1/s1. The average molecular weight is 397 g/mol. The molecular weight excluding hydrogens is 364 g/mol. The number of hydrogen-bond donors (Lipinski definition) is 1. The molecular formula is C24H32N2O3. The normalized spacial score (nSPS) is 16.4. The Morgan fingerprint density at radius 1 is 1.17 bits per heavy atom. The van der Waals surface area contributed by atoms with E-state index < -0.39 is 0 Å². The number of fused-ring (bicyclic) bond motifs is 1. The van der Waals surface area contributed by atoms with Crippen molar-refractivity contribution >= 4 is 5.91 Å². The predicted octanol–water partition coefficient (Wildman–Crippen LogP) is 3.88. The molecule has 1 amide bonds. The Bertz CT molecular complexity index is 863. The smallest absolute Gasteiger partial charge is 0.222 e. The Labute approximate surface area is 174 Å². The highest BCUT2D eigenvalue weighted by Crippen LogP contribution is 2.38. The zero-order chi connectivity index (χ0) is 21.0. The van der Waals surface area contributed by atoms with Gasteiger partial charge in [-0.2, -0.15) is 0 Å². The van der Waals surface area contributed by atoms with Gasteiger partial charge in [0.25, 0.3) is 0 Å². The number of ether oxygens (including phenoxy) is 2. The van der Waals surface area contributed by atoms with E-state index >= 15 is 0 Å². The molecule has 2 aromatic rings. The van der Waals surface area contributed by atoms with E-state index in [1.165, 1.54) is 22.3 Å². The number of amides is 1. The number of aryl methyl sites for hydroxylation is 1. The van der Waals surface area contributed by atoms with Gasteiger partial charge < -0.3 is 14.8 Å². The van der Waals surface area contributed by atoms with Gasteiger partial charge in [-0.3, -0.25) is 9.69 Å². The van der Waals surface area contributed by atoms with E-state index in [-0.39, 0.29) is 17.9 Å². The molecule has 0 aliphatic carbocycles. The zero-order valence-electron chi connectivity index (χ0n) is 18.1. The van der Waals surface area contributed by atoms with E-state index in [4.69, 9.17) is 9.47 Å². The highest BCUT2D eigenvalue weighted by Gasteiger charge is 2.30. The minimum atomic E-state index is -0.0340. The molecule has 0 radical (unpaired) electrons. The minimum Gasteiger partial charge on any atom is -0.493 e. The first-order valence-electron chi connectivity index (χ1n) is 10.3. The predicted molar refractivity (Wildman–Crippen MR) is 115 cm³/mol. The van der Waals surface area contributed by atoms with Crippen molar-refractivity contribution in [2.45, 2.75) is 39.8 Å². The first-order chi connectivity index (χ1) is 13.9. The molecule has 2 aromatic carbocycles. The van der Waals surface area contributed by atoms with Crippen LogP contribution in [0, 0.1) is 12.8 Å². The Morgan fingerprint density at radius 2 is 1.86 bits per heavy atom. The van der Waals surface area contributed by atoms with Crippen molar-refractivity contribution in [1.29, 1.82) is 0 Å². The van der Waals surface area contributed by atoms with E-state index in [0.29, 0.717) is 6.54 Å². The second-order valence-electron chi connectivity index (χ2n) is 7.97. The summed E-state index contributed by atoms with van der Waals surface area (Å²) in [6.45, 7) is 8.34. The Morgan fingerprint density at radius 3 is 2.52 bits per heavy atom. The number of nitrogens with one attached hydrogen (secondary N) is 1. The molecule has 1 aliphatic heterocycles. The molecule has 1 atom stereocenters. The summed E-state index contributed by atoms with van der Waals surface area (Å²) in [5, 5.41) is 3.14. The first kappa shape index (κ1) is 21.2. The highest BCUT2D eigenvalue weighted by molar-refractivity contribution is 5.77. The molecule has 0 fully saturated rings. The number of benzene rings is 2. The monoisotopic (exact) mass is 396 g/mol. The average Bonchev–Trinajstić information content (AvgIpc) is 2.72. The third-order valence-corrected chi connectivity index (χ3v) is 5.74. The molecule has 0 aromatic heterocycles. The summed E-state index contributed by atoms with van der Waals surface area (Å²) in [5.74, 6) is 1.52. The maximum Gasteiger partial charge on any atom is 0.222 e. The van der Waals surface area contributed by atoms with Crippen LogP contribution >= 0.6 is 0 Å². The lowest BCUT2D eigenvalue weighted by Crippen LogP contribution is -2.42. The number of carbonyl (C=O) groups is 1. The van der Waals surface area contributed by atoms with Crippen LogP contribution < -0.4 is 14.8 Å². The molecule has 3 rings (SSSR count). The fourth-order valence-corrected chi connectivity index (χ4v) is 3.92. The van der Waals surface area contributed by atoms with Crippen molar-refractivity contribution in [3.05, 3.63) is 58.7 Å². The molecule has 29 heavy (non-hydrogen) atoms. The SMILES string of the molecule is COc1cc2c(cc1OC)[C@@H](CNC(=O)C(C)C)N(Cc1ccccc1C)CC2. The van der Waals surface area contributed by atoms with Gasteiger partial charge in [0.05, 0.1) is 20.3 Å². The Balaban J connectivity index is 1.94. The fraction of sp³-hybridized carbons (Fsp3) is 0.458. The van der Waals surface area contributed by atoms with E-state index in [0.717, 1.165) is 31.0 Å². The van der Waals surface area contributed by atoms with Crippen molar-refractivity contribution < 1.29 is 14.3 Å². The largest absolute Gasteiger partial charge is 0.493 e. The number of rotatable bonds is 7. The minimum absolute atomic E-state index is 0.0340. The maximum absolute atomic E-state index is 12.3. The molecule has 156 valence electrons. The summed E-state index contributed by atoms with van der Waals surface area (Å²) in [6.07, 6.45) is 0.941. The van der Waals surface area contributed by atoms with Crippen LogP contribution in [-0.4, -0.2) is 38.1 Å². The van der Waals surface area contributed by atoms with Crippen molar-refractivity contribution in [2.24, 2.45) is 5.92 Å². The van der Waals surface area contributed by atoms with Gasteiger partial charge in [-0.15, -0.1) is 0 Å². The van der Waals surface area contributed by atoms with Crippen molar-refractivity contribution in [3.8, 4) is 11.5 Å². The lowest BCUT2D eigenvalue weighted by atomic mass is 9.91. The molecule has 1 heterocycles. The van der Waals surface area contributed by atoms with Crippen LogP contribution in [0.15, 0.2) is 36.4 Å². The van der Waals surface area contributed by atoms with Crippen LogP contribution in [0.5, 0.6) is 11.5 Å². The Kier molecular flexibility index (Phi) is 6.80. The van der Waals surface area contributed by atoms with Gasteiger partial charge in [0.15, 0.2) is 11.5 Å². The number of hydrogen-bond acceptors (Lipinski definition) is 4. The number of nitrogens with zero attached hydrogens (tertiary/aromatic N) is 1. The topological polar surface area (TPSA) is 50.8 Å². The van der Waals surface area contributed by atoms with Crippen molar-refractivity contribution in [2.75, 3.05) is 27.3 Å². The molecule has 0 unspecified atom stereocenters. The van der Waals surface area contributed by atoms with Crippen LogP contribution in [0.3, 0.4) is 0 Å². The fourth-order valence-electron chi connectivity index (χ4n) is 3.92. The maximum atomic E-state index is 12.3. The van der Waals surface area contributed by atoms with E-state index in [1.54, 1.807) is 14.2 Å². The molecule has 0 saturated carbocycles. The van der Waals surface area contributed by atoms with Gasteiger partial charge in [0.1, 0.15) is 0 Å². The number of carbonyl (C=O) groups excluding carboxylic acids is 1. The van der Waals surface area contributed by atoms with Crippen LogP contribution in [0.2, 0.25) is 0 Å². The summed E-state index contributed by atoms with van der Waals surface area (Å²) in [5.41, 5.74) is 5.06. The lowest BCUT2D eigenvalue weighted by Gasteiger charge is -2.38. The molecule has 1 aliphatic rings. The first-order valence-corrected chi connectivity index (χ1v) is 10.3. The van der Waals surface area contributed by atoms with Crippen molar-refractivity contribution in [1.82, 2.24) is 10.2 Å². The summed E-state index contributed by atoms with van der Waals surface area (Å²) < 4.78 is 11.1. The van der Waals surface area contributed by atoms with Crippen LogP contribution in [0.1, 0.15) is 42.1 Å². The summed E-state index contributed by atoms with van der Waals surface area (Å²) >= 11 is 0. The Hall–Kier alpha value is -2.53. The third kappa shape index (κ3) is 4.73. The van der Waals surface area contributed by atoms with Gasteiger partial charge in [0.2, 0.25) is 5.91 Å². The van der Waals surface area contributed by atoms with Crippen LogP contribution in [-0.2, 0) is 17.8 Å².